The minimum Gasteiger partial charge on any atom is -0.505 e. The quantitative estimate of drug-likeness (QED) is 0.305. The molecule has 0 radical (unpaired) electrons. The molecule has 0 unspecified atom stereocenters. The van der Waals surface area contributed by atoms with Crippen LogP contribution in [-0.2, 0) is 12.8 Å². The molecule has 1 heterocycles. The number of aromatic hydroxyl groups is 1. The number of nitrogens with one attached hydrogen (secondary N) is 2. The van der Waals surface area contributed by atoms with Crippen LogP contribution >= 0.6 is 23.2 Å². The molecule has 0 aliphatic rings. The first-order valence-corrected chi connectivity index (χ1v) is 11.3. The standard InChI is InChI=1S/C25H22Cl2N4O2/c1-2-15-3-5-16(6-4-15)9-10-28-25(33)31-23-14-29-21-8-7-17(13-22(21)30-23)18-11-19(26)24(32)20(27)12-18/h3-8,11-14,32H,2,9-10H2,1H3,(H2,28,30,31,33). The van der Waals surface area contributed by atoms with Crippen LogP contribution in [0.3, 0.4) is 0 Å². The number of hydrogen-bond donors (Lipinski definition) is 3. The average Bonchev–Trinajstić information content (AvgIpc) is 2.82. The SMILES string of the molecule is CCc1ccc(CCNC(=O)Nc2cnc3ccc(-c4cc(Cl)c(O)c(Cl)c4)cc3n2)cc1. The Hall–Kier alpha value is -3.35. The molecule has 2 amide bonds. The van der Waals surface area contributed by atoms with Gasteiger partial charge in [0.15, 0.2) is 11.6 Å². The number of phenolic OH excluding ortho intramolecular Hbond substituents is 1. The highest BCUT2D eigenvalue weighted by atomic mass is 35.5. The van der Waals surface area contributed by atoms with Gasteiger partial charge in [-0.05, 0) is 59.4 Å². The molecule has 0 aliphatic carbocycles. The predicted octanol–water partition coefficient (Wildman–Crippen LogP) is 6.24. The largest absolute Gasteiger partial charge is 0.505 e. The first-order chi connectivity index (χ1) is 15.9. The van der Waals surface area contributed by atoms with Gasteiger partial charge in [-0.3, -0.25) is 10.3 Å². The number of urea groups is 1. The summed E-state index contributed by atoms with van der Waals surface area (Å²) in [4.78, 5) is 21.2. The number of fused-ring (bicyclic) bond motifs is 1. The van der Waals surface area contributed by atoms with Crippen LogP contribution in [0.2, 0.25) is 10.0 Å². The molecule has 0 atom stereocenters. The Morgan fingerprint density at radius 3 is 2.33 bits per heavy atom. The molecule has 0 saturated carbocycles. The molecular formula is C25H22Cl2N4O2. The van der Waals surface area contributed by atoms with Gasteiger partial charge in [0, 0.05) is 6.54 Å². The Labute approximate surface area is 201 Å². The molecule has 0 spiro atoms. The summed E-state index contributed by atoms with van der Waals surface area (Å²) in [6.07, 6.45) is 3.26. The molecule has 168 valence electrons. The fourth-order valence-electron chi connectivity index (χ4n) is 3.41. The first kappa shape index (κ1) is 22.8. The molecule has 0 fully saturated rings. The zero-order valence-corrected chi connectivity index (χ0v) is 19.4. The van der Waals surface area contributed by atoms with E-state index < -0.39 is 0 Å². The zero-order valence-electron chi connectivity index (χ0n) is 17.9. The number of aryl methyl sites for hydroxylation is 1. The number of anilines is 1. The highest BCUT2D eigenvalue weighted by Gasteiger charge is 2.10. The van der Waals surface area contributed by atoms with Crippen molar-refractivity contribution < 1.29 is 9.90 Å². The lowest BCUT2D eigenvalue weighted by molar-refractivity contribution is 0.252. The Morgan fingerprint density at radius 1 is 0.939 bits per heavy atom. The van der Waals surface area contributed by atoms with Gasteiger partial charge in [-0.15, -0.1) is 0 Å². The van der Waals surface area contributed by atoms with Crippen molar-refractivity contribution in [3.05, 3.63) is 82.0 Å². The molecule has 6 nitrogen and oxygen atoms in total. The second-order valence-electron chi connectivity index (χ2n) is 7.55. The van der Waals surface area contributed by atoms with E-state index in [1.807, 2.05) is 18.2 Å². The number of nitrogens with zero attached hydrogens (tertiary/aromatic N) is 2. The van der Waals surface area contributed by atoms with E-state index in [1.165, 1.54) is 17.3 Å². The number of hydrogen-bond acceptors (Lipinski definition) is 4. The van der Waals surface area contributed by atoms with Gasteiger partial charge in [0.25, 0.3) is 0 Å². The van der Waals surface area contributed by atoms with Gasteiger partial charge in [0.05, 0.1) is 27.3 Å². The van der Waals surface area contributed by atoms with Crippen LogP contribution in [0.5, 0.6) is 5.75 Å². The smallest absolute Gasteiger partial charge is 0.320 e. The fourth-order valence-corrected chi connectivity index (χ4v) is 3.89. The summed E-state index contributed by atoms with van der Waals surface area (Å²) in [5, 5.41) is 15.7. The van der Waals surface area contributed by atoms with Crippen molar-refractivity contribution in [1.29, 1.82) is 0 Å². The van der Waals surface area contributed by atoms with E-state index in [2.05, 4.69) is 51.8 Å². The Morgan fingerprint density at radius 2 is 1.64 bits per heavy atom. The summed E-state index contributed by atoms with van der Waals surface area (Å²) in [6.45, 7) is 2.63. The van der Waals surface area contributed by atoms with E-state index >= 15 is 0 Å². The van der Waals surface area contributed by atoms with Crippen molar-refractivity contribution in [1.82, 2.24) is 15.3 Å². The van der Waals surface area contributed by atoms with Crippen LogP contribution in [0.15, 0.2) is 60.8 Å². The van der Waals surface area contributed by atoms with Crippen LogP contribution in [0, 0.1) is 0 Å². The molecule has 3 N–H and O–H groups in total. The summed E-state index contributed by atoms with van der Waals surface area (Å²) in [5.41, 5.74) is 5.27. The molecule has 3 aromatic carbocycles. The monoisotopic (exact) mass is 480 g/mol. The lowest BCUT2D eigenvalue weighted by Gasteiger charge is -2.09. The number of rotatable bonds is 6. The van der Waals surface area contributed by atoms with Gasteiger partial charge < -0.3 is 10.4 Å². The second kappa shape index (κ2) is 10.1. The topological polar surface area (TPSA) is 87.1 Å². The summed E-state index contributed by atoms with van der Waals surface area (Å²) < 4.78 is 0. The molecule has 4 rings (SSSR count). The Kier molecular flexibility index (Phi) is 6.96. The molecule has 33 heavy (non-hydrogen) atoms. The lowest BCUT2D eigenvalue weighted by atomic mass is 10.0. The molecule has 0 aliphatic heterocycles. The maximum absolute atomic E-state index is 12.3. The highest BCUT2D eigenvalue weighted by Crippen LogP contribution is 2.36. The second-order valence-corrected chi connectivity index (χ2v) is 8.36. The highest BCUT2D eigenvalue weighted by molar-refractivity contribution is 6.37. The van der Waals surface area contributed by atoms with Crippen molar-refractivity contribution in [3.8, 4) is 16.9 Å². The van der Waals surface area contributed by atoms with Gasteiger partial charge in [-0.2, -0.15) is 0 Å². The minimum atomic E-state index is -0.345. The summed E-state index contributed by atoms with van der Waals surface area (Å²) in [6, 6.07) is 16.8. The normalized spacial score (nSPS) is 10.9. The molecule has 8 heteroatoms. The van der Waals surface area contributed by atoms with E-state index in [-0.39, 0.29) is 21.8 Å². The van der Waals surface area contributed by atoms with E-state index in [4.69, 9.17) is 23.2 Å². The van der Waals surface area contributed by atoms with Gasteiger partial charge in [-0.25, -0.2) is 9.78 Å². The predicted molar refractivity (Wildman–Crippen MR) is 133 cm³/mol. The third-order valence-electron chi connectivity index (χ3n) is 5.26. The summed E-state index contributed by atoms with van der Waals surface area (Å²) in [7, 11) is 0. The molecule has 1 aromatic heterocycles. The van der Waals surface area contributed by atoms with Crippen LogP contribution in [-0.4, -0.2) is 27.7 Å². The van der Waals surface area contributed by atoms with Gasteiger partial charge in [-0.1, -0.05) is 60.5 Å². The zero-order chi connectivity index (χ0) is 23.4. The lowest BCUT2D eigenvalue weighted by Crippen LogP contribution is -2.30. The van der Waals surface area contributed by atoms with E-state index in [1.54, 1.807) is 12.1 Å². The summed E-state index contributed by atoms with van der Waals surface area (Å²) >= 11 is 12.1. The Balaban J connectivity index is 1.43. The number of phenols is 1. The van der Waals surface area contributed by atoms with E-state index in [0.717, 1.165) is 24.0 Å². The van der Waals surface area contributed by atoms with Gasteiger partial charge in [0.2, 0.25) is 0 Å². The van der Waals surface area contributed by atoms with Gasteiger partial charge in [0.1, 0.15) is 0 Å². The number of carbonyl (C=O) groups excluding carboxylic acids is 1. The van der Waals surface area contributed by atoms with Crippen molar-refractivity contribution in [2.75, 3.05) is 11.9 Å². The van der Waals surface area contributed by atoms with Crippen LogP contribution in [0.4, 0.5) is 10.6 Å². The van der Waals surface area contributed by atoms with Crippen LogP contribution in [0.25, 0.3) is 22.2 Å². The number of amides is 2. The third-order valence-corrected chi connectivity index (χ3v) is 5.84. The van der Waals surface area contributed by atoms with Crippen molar-refractivity contribution in [2.45, 2.75) is 19.8 Å². The number of carbonyl (C=O) groups is 1. The van der Waals surface area contributed by atoms with Crippen molar-refractivity contribution in [2.24, 2.45) is 0 Å². The molecule has 4 aromatic rings. The number of aromatic nitrogens is 2. The van der Waals surface area contributed by atoms with Gasteiger partial charge >= 0.3 is 6.03 Å². The van der Waals surface area contributed by atoms with Crippen molar-refractivity contribution >= 4 is 46.1 Å². The van der Waals surface area contributed by atoms with Crippen molar-refractivity contribution in [3.63, 3.8) is 0 Å². The fraction of sp³-hybridized carbons (Fsp3) is 0.160. The van der Waals surface area contributed by atoms with E-state index in [9.17, 15) is 9.90 Å². The molecule has 0 saturated heterocycles. The molecule has 0 bridgehead atoms. The minimum absolute atomic E-state index is 0.155. The first-order valence-electron chi connectivity index (χ1n) is 10.5. The third kappa shape index (κ3) is 5.53. The van der Waals surface area contributed by atoms with Crippen LogP contribution < -0.4 is 10.6 Å². The van der Waals surface area contributed by atoms with Crippen LogP contribution in [0.1, 0.15) is 18.1 Å². The Bertz CT molecular complexity index is 1290. The maximum atomic E-state index is 12.3. The maximum Gasteiger partial charge on any atom is 0.320 e. The summed E-state index contributed by atoms with van der Waals surface area (Å²) in [5.74, 6) is 0.185. The number of halogens is 2. The number of benzene rings is 3. The molecular weight excluding hydrogens is 459 g/mol. The average molecular weight is 481 g/mol. The van der Waals surface area contributed by atoms with E-state index in [0.29, 0.717) is 23.4 Å².